The summed E-state index contributed by atoms with van der Waals surface area (Å²) < 4.78 is 29.7. The Labute approximate surface area is 123 Å². The van der Waals surface area contributed by atoms with E-state index >= 15 is 0 Å². The van der Waals surface area contributed by atoms with Gasteiger partial charge in [-0.3, -0.25) is 10.1 Å². The van der Waals surface area contributed by atoms with Crippen molar-refractivity contribution in [3.63, 3.8) is 0 Å². The average molecular weight is 318 g/mol. The third-order valence-corrected chi connectivity index (χ3v) is 4.66. The molecule has 0 bridgehead atoms. The highest BCUT2D eigenvalue weighted by Crippen LogP contribution is 2.25. The zero-order valence-electron chi connectivity index (χ0n) is 12.0. The fourth-order valence-electron chi connectivity index (χ4n) is 1.76. The van der Waals surface area contributed by atoms with E-state index in [2.05, 4.69) is 0 Å². The zero-order chi connectivity index (χ0) is 16.2. The Morgan fingerprint density at radius 3 is 2.52 bits per heavy atom. The molecule has 0 aromatic heterocycles. The number of rotatable bonds is 7. The highest BCUT2D eigenvalue weighted by atomic mass is 32.2. The van der Waals surface area contributed by atoms with Crippen LogP contribution in [0.5, 0.6) is 0 Å². The van der Waals surface area contributed by atoms with E-state index in [0.717, 1.165) is 10.4 Å². The van der Waals surface area contributed by atoms with Crippen LogP contribution in [0.1, 0.15) is 5.56 Å². The summed E-state index contributed by atoms with van der Waals surface area (Å²) in [5.74, 6) is 0. The lowest BCUT2D eigenvalue weighted by Crippen LogP contribution is -2.22. The zero-order valence-corrected chi connectivity index (χ0v) is 12.8. The van der Waals surface area contributed by atoms with Gasteiger partial charge in [-0.1, -0.05) is 6.07 Å². The standard InChI is InChI=1S/C12H18N2O6S/c1-13(2)21(18,19)11-5-4-9(6-10(15)8-20-3)12(7-11)14(16)17/h4-5,7,10,15H,6,8H2,1-3H3. The number of hydrogen-bond donors (Lipinski definition) is 1. The first-order chi connectivity index (χ1) is 9.70. The van der Waals surface area contributed by atoms with E-state index in [1.807, 2.05) is 0 Å². The van der Waals surface area contributed by atoms with Gasteiger partial charge in [0.25, 0.3) is 5.69 Å². The first kappa shape index (κ1) is 17.5. The summed E-state index contributed by atoms with van der Waals surface area (Å²) in [5, 5.41) is 20.7. The molecule has 1 unspecified atom stereocenters. The van der Waals surface area contributed by atoms with Crippen LogP contribution in [0.4, 0.5) is 5.69 Å². The molecule has 1 aromatic carbocycles. The van der Waals surface area contributed by atoms with Gasteiger partial charge in [-0.15, -0.1) is 0 Å². The number of methoxy groups -OCH3 is 1. The Morgan fingerprint density at radius 2 is 2.05 bits per heavy atom. The Hall–Kier alpha value is -1.55. The Kier molecular flexibility index (Phi) is 5.78. The fraction of sp³-hybridized carbons (Fsp3) is 0.500. The second-order valence-corrected chi connectivity index (χ2v) is 6.80. The van der Waals surface area contributed by atoms with Gasteiger partial charge < -0.3 is 9.84 Å². The third-order valence-electron chi connectivity index (χ3n) is 2.85. The molecule has 0 radical (unpaired) electrons. The molecule has 0 heterocycles. The summed E-state index contributed by atoms with van der Waals surface area (Å²) in [5.41, 5.74) is -0.0877. The first-order valence-electron chi connectivity index (χ1n) is 6.07. The smallest absolute Gasteiger partial charge is 0.274 e. The van der Waals surface area contributed by atoms with E-state index in [-0.39, 0.29) is 29.2 Å². The monoisotopic (exact) mass is 318 g/mol. The van der Waals surface area contributed by atoms with Gasteiger partial charge >= 0.3 is 0 Å². The first-order valence-corrected chi connectivity index (χ1v) is 7.51. The molecule has 1 aromatic rings. The van der Waals surface area contributed by atoms with Gasteiger partial charge in [-0.05, 0) is 6.07 Å². The normalized spacial score (nSPS) is 13.4. The molecule has 1 N–H and O–H groups in total. The lowest BCUT2D eigenvalue weighted by atomic mass is 10.1. The minimum atomic E-state index is -3.75. The van der Waals surface area contributed by atoms with Crippen molar-refractivity contribution in [2.75, 3.05) is 27.8 Å². The van der Waals surface area contributed by atoms with Crippen molar-refractivity contribution in [2.24, 2.45) is 0 Å². The molecule has 1 rings (SSSR count). The molecular weight excluding hydrogens is 300 g/mol. The van der Waals surface area contributed by atoms with Crippen LogP contribution in [0.25, 0.3) is 0 Å². The minimum absolute atomic E-state index is 0.00639. The molecule has 0 spiro atoms. The van der Waals surface area contributed by atoms with Crippen LogP contribution >= 0.6 is 0 Å². The van der Waals surface area contributed by atoms with Crippen molar-refractivity contribution in [1.82, 2.24) is 4.31 Å². The summed E-state index contributed by atoms with van der Waals surface area (Å²) in [6, 6.07) is 3.63. The Balaban J connectivity index is 3.23. The van der Waals surface area contributed by atoms with Gasteiger partial charge in [0.2, 0.25) is 10.0 Å². The van der Waals surface area contributed by atoms with Crippen molar-refractivity contribution in [3.05, 3.63) is 33.9 Å². The number of sulfonamides is 1. The third kappa shape index (κ3) is 4.21. The number of hydrogen-bond acceptors (Lipinski definition) is 6. The lowest BCUT2D eigenvalue weighted by Gasteiger charge is -2.13. The van der Waals surface area contributed by atoms with Crippen molar-refractivity contribution in [2.45, 2.75) is 17.4 Å². The maximum Gasteiger partial charge on any atom is 0.274 e. The van der Waals surface area contributed by atoms with Gasteiger partial charge in [0.1, 0.15) is 0 Å². The van der Waals surface area contributed by atoms with Crippen molar-refractivity contribution >= 4 is 15.7 Å². The van der Waals surface area contributed by atoms with Crippen molar-refractivity contribution < 1.29 is 23.2 Å². The summed E-state index contributed by atoms with van der Waals surface area (Å²) in [7, 11) is 0.350. The molecule has 0 fully saturated rings. The van der Waals surface area contributed by atoms with Gasteiger partial charge in [-0.2, -0.15) is 0 Å². The van der Waals surface area contributed by atoms with E-state index in [4.69, 9.17) is 4.74 Å². The molecule has 0 amide bonds. The fourth-order valence-corrected chi connectivity index (χ4v) is 2.68. The molecule has 0 aliphatic carbocycles. The van der Waals surface area contributed by atoms with Gasteiger partial charge in [0.15, 0.2) is 0 Å². The highest BCUT2D eigenvalue weighted by molar-refractivity contribution is 7.89. The summed E-state index contributed by atoms with van der Waals surface area (Å²) >= 11 is 0. The summed E-state index contributed by atoms with van der Waals surface area (Å²) in [6.45, 7) is 0.0366. The van der Waals surface area contributed by atoms with E-state index in [1.54, 1.807) is 0 Å². The quantitative estimate of drug-likeness (QED) is 0.575. The molecule has 0 aliphatic heterocycles. The number of nitro benzene ring substituents is 1. The number of nitrogens with zero attached hydrogens (tertiary/aromatic N) is 2. The topological polar surface area (TPSA) is 110 Å². The molecule has 0 aliphatic rings. The van der Waals surface area contributed by atoms with Crippen LogP contribution in [-0.2, 0) is 21.2 Å². The van der Waals surface area contributed by atoms with Crippen LogP contribution in [0.3, 0.4) is 0 Å². The number of nitro groups is 1. The van der Waals surface area contributed by atoms with Crippen LogP contribution in [0, 0.1) is 10.1 Å². The van der Waals surface area contributed by atoms with Gasteiger partial charge in [0.05, 0.1) is 22.5 Å². The molecule has 21 heavy (non-hydrogen) atoms. The van der Waals surface area contributed by atoms with E-state index in [9.17, 15) is 23.6 Å². The highest BCUT2D eigenvalue weighted by Gasteiger charge is 2.24. The van der Waals surface area contributed by atoms with E-state index in [0.29, 0.717) is 0 Å². The van der Waals surface area contributed by atoms with Gasteiger partial charge in [-0.25, -0.2) is 12.7 Å². The minimum Gasteiger partial charge on any atom is -0.390 e. The molecule has 118 valence electrons. The molecule has 0 saturated carbocycles. The van der Waals surface area contributed by atoms with E-state index < -0.39 is 21.1 Å². The largest absolute Gasteiger partial charge is 0.390 e. The molecule has 1 atom stereocenters. The number of aliphatic hydroxyl groups excluding tert-OH is 1. The summed E-state index contributed by atoms with van der Waals surface area (Å²) in [6.07, 6.45) is -0.892. The molecule has 9 heteroatoms. The maximum atomic E-state index is 12.0. The van der Waals surface area contributed by atoms with Crippen LogP contribution in [0.15, 0.2) is 23.1 Å². The second-order valence-electron chi connectivity index (χ2n) is 4.65. The van der Waals surface area contributed by atoms with Crippen LogP contribution in [-0.4, -0.2) is 56.7 Å². The maximum absolute atomic E-state index is 12.0. The predicted molar refractivity (Wildman–Crippen MR) is 75.6 cm³/mol. The van der Waals surface area contributed by atoms with Gasteiger partial charge in [0, 0.05) is 39.3 Å². The Morgan fingerprint density at radius 1 is 1.43 bits per heavy atom. The molecular formula is C12H18N2O6S. The molecule has 8 nitrogen and oxygen atoms in total. The van der Waals surface area contributed by atoms with Crippen LogP contribution < -0.4 is 0 Å². The predicted octanol–water partition coefficient (Wildman–Crippen LogP) is 0.395. The lowest BCUT2D eigenvalue weighted by molar-refractivity contribution is -0.385. The second kappa shape index (κ2) is 6.94. The van der Waals surface area contributed by atoms with Crippen molar-refractivity contribution in [3.8, 4) is 0 Å². The van der Waals surface area contributed by atoms with E-state index in [1.165, 1.54) is 33.3 Å². The number of benzene rings is 1. The number of ether oxygens (including phenoxy) is 1. The SMILES string of the molecule is COCC(O)Cc1ccc(S(=O)(=O)N(C)C)cc1[N+](=O)[O-]. The Bertz CT molecular complexity index is 614. The average Bonchev–Trinajstić information content (AvgIpc) is 2.38. The van der Waals surface area contributed by atoms with Crippen molar-refractivity contribution in [1.29, 1.82) is 0 Å². The molecule has 0 saturated heterocycles. The summed E-state index contributed by atoms with van der Waals surface area (Å²) in [4.78, 5) is 10.3. The number of aliphatic hydroxyl groups is 1. The van der Waals surface area contributed by atoms with Crippen LogP contribution in [0.2, 0.25) is 0 Å².